The number of hydrogen-bond acceptors (Lipinski definition) is 4. The molecule has 2 unspecified atom stereocenters. The van der Waals surface area contributed by atoms with Crippen LogP contribution in [0.25, 0.3) is 0 Å². The van der Waals surface area contributed by atoms with Gasteiger partial charge in [-0.2, -0.15) is 0 Å². The highest BCUT2D eigenvalue weighted by molar-refractivity contribution is 5.87. The Morgan fingerprint density at radius 1 is 1.50 bits per heavy atom. The Kier molecular flexibility index (Phi) is 4.26. The van der Waals surface area contributed by atoms with Crippen molar-refractivity contribution < 1.29 is 9.59 Å². The highest BCUT2D eigenvalue weighted by atomic mass is 16.2. The largest absolute Gasteiger partial charge is 0.370 e. The summed E-state index contributed by atoms with van der Waals surface area (Å²) in [7, 11) is 3.98. The summed E-state index contributed by atoms with van der Waals surface area (Å²) in [4.78, 5) is 26.3. The molecule has 6 heteroatoms. The Bertz CT molecular complexity index is 280. The number of nitrogens with zero attached hydrogens (tertiary/aromatic N) is 2. The maximum Gasteiger partial charge on any atom is 0.240 e. The Morgan fingerprint density at radius 2 is 2.12 bits per heavy atom. The molecule has 1 aliphatic rings. The fourth-order valence-corrected chi connectivity index (χ4v) is 1.90. The van der Waals surface area contributed by atoms with Crippen LogP contribution in [0.2, 0.25) is 0 Å². The van der Waals surface area contributed by atoms with E-state index in [-0.39, 0.29) is 12.3 Å². The van der Waals surface area contributed by atoms with Gasteiger partial charge >= 0.3 is 0 Å². The van der Waals surface area contributed by atoms with Crippen LogP contribution < -0.4 is 11.5 Å². The van der Waals surface area contributed by atoms with Gasteiger partial charge in [0.05, 0.1) is 12.5 Å². The fraction of sp³-hybridized carbons (Fsp3) is 0.800. The molecule has 2 amide bonds. The van der Waals surface area contributed by atoms with E-state index < -0.39 is 11.9 Å². The molecule has 0 saturated carbocycles. The lowest BCUT2D eigenvalue weighted by Crippen LogP contribution is -2.45. The molecule has 16 heavy (non-hydrogen) atoms. The molecule has 1 saturated heterocycles. The first-order valence-electron chi connectivity index (χ1n) is 5.41. The van der Waals surface area contributed by atoms with E-state index in [1.54, 1.807) is 4.90 Å². The number of likely N-dealkylation sites (tertiary alicyclic amines) is 1. The number of likely N-dealkylation sites (N-methyl/N-ethyl adjacent to an activating group) is 1. The quantitative estimate of drug-likeness (QED) is 0.603. The minimum absolute atomic E-state index is 0.0814. The number of nitrogens with two attached hydrogens (primary N) is 2. The molecular formula is C10H20N4O2. The van der Waals surface area contributed by atoms with E-state index in [4.69, 9.17) is 11.5 Å². The minimum atomic E-state index is -0.793. The third-order valence-corrected chi connectivity index (χ3v) is 2.94. The van der Waals surface area contributed by atoms with Crippen LogP contribution in [0, 0.1) is 0 Å². The lowest BCUT2D eigenvalue weighted by Gasteiger charge is -2.22. The van der Waals surface area contributed by atoms with E-state index >= 15 is 0 Å². The molecule has 92 valence electrons. The van der Waals surface area contributed by atoms with Crippen LogP contribution in [0.15, 0.2) is 0 Å². The predicted octanol–water partition coefficient (Wildman–Crippen LogP) is -1.65. The van der Waals surface area contributed by atoms with Crippen LogP contribution in [0.3, 0.4) is 0 Å². The normalized spacial score (nSPS) is 22.5. The number of primary amides is 1. The van der Waals surface area contributed by atoms with Crippen LogP contribution >= 0.6 is 0 Å². The first-order valence-corrected chi connectivity index (χ1v) is 5.41. The Labute approximate surface area is 95.5 Å². The summed E-state index contributed by atoms with van der Waals surface area (Å²) in [5.74, 6) is -0.715. The summed E-state index contributed by atoms with van der Waals surface area (Å²) in [6, 6.07) is -0.414. The number of amides is 2. The summed E-state index contributed by atoms with van der Waals surface area (Å²) < 4.78 is 0. The molecule has 1 fully saturated rings. The number of rotatable bonds is 4. The first kappa shape index (κ1) is 12.9. The van der Waals surface area contributed by atoms with Crippen LogP contribution in [-0.4, -0.2) is 60.9 Å². The lowest BCUT2D eigenvalue weighted by molar-refractivity contribution is -0.133. The van der Waals surface area contributed by atoms with Crippen molar-refractivity contribution in [3.05, 3.63) is 0 Å². The Balaban J connectivity index is 2.47. The SMILES string of the molecule is CN(C)C1CCN(C(=O)C(N)CC(N)=O)C1. The number of carbonyl (C=O) groups excluding carboxylic acids is 2. The first-order chi connectivity index (χ1) is 7.41. The van der Waals surface area contributed by atoms with E-state index in [0.717, 1.165) is 6.42 Å². The molecule has 1 rings (SSSR count). The van der Waals surface area contributed by atoms with Gasteiger partial charge in [0, 0.05) is 19.1 Å². The summed E-state index contributed by atoms with van der Waals surface area (Å²) >= 11 is 0. The van der Waals surface area contributed by atoms with E-state index in [2.05, 4.69) is 4.90 Å². The van der Waals surface area contributed by atoms with Crippen LogP contribution in [0.4, 0.5) is 0 Å². The van der Waals surface area contributed by atoms with Gasteiger partial charge in [-0.15, -0.1) is 0 Å². The van der Waals surface area contributed by atoms with E-state index in [9.17, 15) is 9.59 Å². The van der Waals surface area contributed by atoms with Gasteiger partial charge in [0.2, 0.25) is 11.8 Å². The minimum Gasteiger partial charge on any atom is -0.370 e. The Hall–Kier alpha value is -1.14. The van der Waals surface area contributed by atoms with Crippen molar-refractivity contribution in [3.8, 4) is 0 Å². The van der Waals surface area contributed by atoms with Crippen molar-refractivity contribution in [3.63, 3.8) is 0 Å². The molecule has 1 aliphatic heterocycles. The Morgan fingerprint density at radius 3 is 2.56 bits per heavy atom. The smallest absolute Gasteiger partial charge is 0.240 e. The monoisotopic (exact) mass is 228 g/mol. The highest BCUT2D eigenvalue weighted by Crippen LogP contribution is 2.14. The van der Waals surface area contributed by atoms with Crippen molar-refractivity contribution in [1.29, 1.82) is 0 Å². The molecule has 4 N–H and O–H groups in total. The molecule has 0 bridgehead atoms. The second-order valence-electron chi connectivity index (χ2n) is 4.47. The van der Waals surface area contributed by atoms with Gasteiger partial charge < -0.3 is 21.3 Å². The van der Waals surface area contributed by atoms with E-state index in [1.807, 2.05) is 14.1 Å². The van der Waals surface area contributed by atoms with E-state index in [0.29, 0.717) is 19.1 Å². The zero-order valence-corrected chi connectivity index (χ0v) is 9.85. The molecule has 1 heterocycles. The summed E-state index contributed by atoms with van der Waals surface area (Å²) in [5.41, 5.74) is 10.6. The van der Waals surface area contributed by atoms with Crippen molar-refractivity contribution >= 4 is 11.8 Å². The van der Waals surface area contributed by atoms with Crippen LogP contribution in [0.1, 0.15) is 12.8 Å². The van der Waals surface area contributed by atoms with Gasteiger partial charge in [0.25, 0.3) is 0 Å². The summed E-state index contributed by atoms with van der Waals surface area (Å²) in [5, 5.41) is 0. The molecule has 0 aliphatic carbocycles. The van der Waals surface area contributed by atoms with Gasteiger partial charge in [-0.3, -0.25) is 9.59 Å². The number of hydrogen-bond donors (Lipinski definition) is 2. The van der Waals surface area contributed by atoms with Crippen LogP contribution in [-0.2, 0) is 9.59 Å². The maximum absolute atomic E-state index is 11.8. The molecule has 0 aromatic carbocycles. The van der Waals surface area contributed by atoms with Crippen molar-refractivity contribution in [1.82, 2.24) is 9.80 Å². The second-order valence-corrected chi connectivity index (χ2v) is 4.47. The topological polar surface area (TPSA) is 92.7 Å². The molecular weight excluding hydrogens is 208 g/mol. The van der Waals surface area contributed by atoms with Crippen molar-refractivity contribution in [2.75, 3.05) is 27.2 Å². The zero-order chi connectivity index (χ0) is 12.3. The standard InChI is InChI=1S/C10H20N4O2/c1-13(2)7-3-4-14(6-7)10(16)8(11)5-9(12)15/h7-8H,3-6,11H2,1-2H3,(H2,12,15). The lowest BCUT2D eigenvalue weighted by atomic mass is 10.2. The average molecular weight is 228 g/mol. The summed E-state index contributed by atoms with van der Waals surface area (Å²) in [6.07, 6.45) is 0.865. The predicted molar refractivity (Wildman–Crippen MR) is 60.5 cm³/mol. The molecule has 0 aromatic heterocycles. The van der Waals surface area contributed by atoms with Crippen LogP contribution in [0.5, 0.6) is 0 Å². The average Bonchev–Trinajstić information content (AvgIpc) is 2.64. The molecule has 6 nitrogen and oxygen atoms in total. The van der Waals surface area contributed by atoms with Gasteiger partial charge in [-0.05, 0) is 20.5 Å². The highest BCUT2D eigenvalue weighted by Gasteiger charge is 2.30. The van der Waals surface area contributed by atoms with Crippen molar-refractivity contribution in [2.24, 2.45) is 11.5 Å². The fourth-order valence-electron chi connectivity index (χ4n) is 1.90. The molecule has 0 radical (unpaired) electrons. The van der Waals surface area contributed by atoms with Gasteiger partial charge in [-0.25, -0.2) is 0 Å². The second kappa shape index (κ2) is 5.27. The van der Waals surface area contributed by atoms with Crippen molar-refractivity contribution in [2.45, 2.75) is 24.9 Å². The zero-order valence-electron chi connectivity index (χ0n) is 9.85. The van der Waals surface area contributed by atoms with E-state index in [1.165, 1.54) is 0 Å². The third kappa shape index (κ3) is 3.18. The molecule has 0 spiro atoms. The van der Waals surface area contributed by atoms with Gasteiger partial charge in [-0.1, -0.05) is 0 Å². The summed E-state index contributed by atoms with van der Waals surface area (Å²) in [6.45, 7) is 1.38. The van der Waals surface area contributed by atoms with Gasteiger partial charge in [0.15, 0.2) is 0 Å². The molecule has 2 atom stereocenters. The maximum atomic E-state index is 11.8. The number of carbonyl (C=O) groups is 2. The van der Waals surface area contributed by atoms with Gasteiger partial charge in [0.1, 0.15) is 0 Å². The third-order valence-electron chi connectivity index (χ3n) is 2.94. The molecule has 0 aromatic rings.